The number of halogens is 2. The van der Waals surface area contributed by atoms with Gasteiger partial charge in [-0.1, -0.05) is 24.0 Å². The second-order valence-electron chi connectivity index (χ2n) is 5.27. The van der Waals surface area contributed by atoms with Crippen LogP contribution in [0, 0.1) is 11.6 Å². The average molecular weight is 361 g/mol. The van der Waals surface area contributed by atoms with Gasteiger partial charge in [-0.3, -0.25) is 4.79 Å². The van der Waals surface area contributed by atoms with Crippen molar-refractivity contribution >= 4 is 34.3 Å². The Kier molecular flexibility index (Phi) is 6.32. The fraction of sp³-hybridized carbons (Fsp3) is 0.467. The highest BCUT2D eigenvalue weighted by Gasteiger charge is 2.24. The zero-order valence-corrected chi connectivity index (χ0v) is 14.4. The smallest absolute Gasteiger partial charge is 0.321 e. The van der Waals surface area contributed by atoms with E-state index in [2.05, 4.69) is 0 Å². The SMILES string of the molecule is CC1CN(C(=S)SCC(=O)Oc2ccc(F)cc2F)CC(C)O1. The number of rotatable bonds is 3. The molecule has 2 rings (SSSR count). The molecule has 1 aliphatic rings. The largest absolute Gasteiger partial charge is 0.423 e. The molecule has 0 bridgehead atoms. The molecule has 0 spiro atoms. The zero-order chi connectivity index (χ0) is 17.0. The van der Waals surface area contributed by atoms with Crippen LogP contribution in [0.4, 0.5) is 8.78 Å². The van der Waals surface area contributed by atoms with Crippen molar-refractivity contribution in [3.05, 3.63) is 29.8 Å². The zero-order valence-electron chi connectivity index (χ0n) is 12.8. The number of morpholine rings is 1. The first-order valence-corrected chi connectivity index (χ1v) is 8.47. The average Bonchev–Trinajstić information content (AvgIpc) is 2.46. The quantitative estimate of drug-likeness (QED) is 0.468. The van der Waals surface area contributed by atoms with E-state index in [1.807, 2.05) is 18.7 Å². The molecule has 0 aliphatic carbocycles. The summed E-state index contributed by atoms with van der Waals surface area (Å²) in [7, 11) is 0. The van der Waals surface area contributed by atoms with Gasteiger partial charge in [-0.15, -0.1) is 0 Å². The van der Waals surface area contributed by atoms with Crippen molar-refractivity contribution in [3.8, 4) is 5.75 Å². The predicted octanol–water partition coefficient (Wildman–Crippen LogP) is 3.00. The maximum absolute atomic E-state index is 13.4. The van der Waals surface area contributed by atoms with Crippen LogP contribution >= 0.6 is 24.0 Å². The summed E-state index contributed by atoms with van der Waals surface area (Å²) >= 11 is 6.46. The van der Waals surface area contributed by atoms with Gasteiger partial charge >= 0.3 is 5.97 Å². The van der Waals surface area contributed by atoms with Crippen LogP contribution in [0.15, 0.2) is 18.2 Å². The molecule has 0 aromatic heterocycles. The minimum Gasteiger partial charge on any atom is -0.423 e. The van der Waals surface area contributed by atoms with Crippen molar-refractivity contribution in [2.75, 3.05) is 18.8 Å². The molecule has 1 saturated heterocycles. The molecular formula is C15H17F2NO3S2. The molecule has 0 amide bonds. The standard InChI is InChI=1S/C15H17F2NO3S2/c1-9-6-18(7-10(2)20-9)15(22)23-8-14(19)21-13-4-3-11(16)5-12(13)17/h3-5,9-10H,6-8H2,1-2H3. The summed E-state index contributed by atoms with van der Waals surface area (Å²) in [4.78, 5) is 13.7. The van der Waals surface area contributed by atoms with Gasteiger partial charge in [0.05, 0.1) is 18.0 Å². The topological polar surface area (TPSA) is 38.8 Å². The third-order valence-electron chi connectivity index (χ3n) is 3.11. The van der Waals surface area contributed by atoms with Gasteiger partial charge in [-0.25, -0.2) is 8.78 Å². The fourth-order valence-corrected chi connectivity index (χ4v) is 3.21. The van der Waals surface area contributed by atoms with Gasteiger partial charge in [-0.05, 0) is 26.0 Å². The molecule has 23 heavy (non-hydrogen) atoms. The molecule has 2 atom stereocenters. The van der Waals surface area contributed by atoms with Crippen LogP contribution < -0.4 is 4.74 Å². The van der Waals surface area contributed by atoms with Crippen molar-refractivity contribution in [2.45, 2.75) is 26.1 Å². The van der Waals surface area contributed by atoms with E-state index in [4.69, 9.17) is 21.7 Å². The second-order valence-corrected chi connectivity index (χ2v) is 6.87. The molecule has 1 aliphatic heterocycles. The number of hydrogen-bond donors (Lipinski definition) is 0. The van der Waals surface area contributed by atoms with Crippen LogP contribution in [-0.4, -0.2) is 46.2 Å². The summed E-state index contributed by atoms with van der Waals surface area (Å²) in [6.07, 6.45) is 0.134. The van der Waals surface area contributed by atoms with Gasteiger partial charge in [0.1, 0.15) is 10.1 Å². The van der Waals surface area contributed by atoms with Crippen LogP contribution in [0.2, 0.25) is 0 Å². The van der Waals surface area contributed by atoms with Gasteiger partial charge in [0, 0.05) is 19.2 Å². The predicted molar refractivity (Wildman–Crippen MR) is 88.6 cm³/mol. The van der Waals surface area contributed by atoms with E-state index in [-0.39, 0.29) is 23.7 Å². The van der Waals surface area contributed by atoms with E-state index in [1.54, 1.807) is 0 Å². The lowest BCUT2D eigenvalue weighted by molar-refractivity contribution is -0.131. The van der Waals surface area contributed by atoms with Crippen LogP contribution in [0.1, 0.15) is 13.8 Å². The maximum Gasteiger partial charge on any atom is 0.321 e. The number of hydrogen-bond acceptors (Lipinski definition) is 5. The highest BCUT2D eigenvalue weighted by molar-refractivity contribution is 8.23. The second kappa shape index (κ2) is 8.03. The summed E-state index contributed by atoms with van der Waals surface area (Å²) in [6.45, 7) is 5.25. The fourth-order valence-electron chi connectivity index (χ4n) is 2.25. The molecule has 2 unspecified atom stereocenters. The van der Waals surface area contributed by atoms with Gasteiger partial charge in [0.15, 0.2) is 11.6 Å². The molecule has 4 nitrogen and oxygen atoms in total. The monoisotopic (exact) mass is 361 g/mol. The Morgan fingerprint density at radius 3 is 2.65 bits per heavy atom. The minimum atomic E-state index is -0.915. The molecule has 1 aromatic rings. The van der Waals surface area contributed by atoms with Crippen LogP contribution in [0.5, 0.6) is 5.75 Å². The van der Waals surface area contributed by atoms with E-state index in [9.17, 15) is 13.6 Å². The minimum absolute atomic E-state index is 0.0459. The lowest BCUT2D eigenvalue weighted by atomic mass is 10.2. The summed E-state index contributed by atoms with van der Waals surface area (Å²) in [6, 6.07) is 2.77. The number of carbonyl (C=O) groups excluding carboxylic acids is 1. The lowest BCUT2D eigenvalue weighted by Gasteiger charge is -2.36. The first kappa shape index (κ1) is 18.1. The van der Waals surface area contributed by atoms with Crippen LogP contribution in [0.3, 0.4) is 0 Å². The Labute approximate surface area is 143 Å². The molecule has 126 valence electrons. The summed E-state index contributed by atoms with van der Waals surface area (Å²) in [5, 5.41) is 0. The maximum atomic E-state index is 13.4. The molecule has 0 radical (unpaired) electrons. The number of ether oxygens (including phenoxy) is 2. The number of thioether (sulfide) groups is 1. The summed E-state index contributed by atoms with van der Waals surface area (Å²) in [5.41, 5.74) is 0. The van der Waals surface area contributed by atoms with Crippen molar-refractivity contribution in [1.29, 1.82) is 0 Å². The Hall–Kier alpha value is -1.25. The van der Waals surface area contributed by atoms with Gasteiger partial charge in [0.2, 0.25) is 0 Å². The first-order valence-electron chi connectivity index (χ1n) is 7.08. The van der Waals surface area contributed by atoms with Gasteiger partial charge < -0.3 is 14.4 Å². The van der Waals surface area contributed by atoms with E-state index in [0.29, 0.717) is 23.5 Å². The number of nitrogens with zero attached hydrogens (tertiary/aromatic N) is 1. The Morgan fingerprint density at radius 1 is 1.39 bits per heavy atom. The van der Waals surface area contributed by atoms with Crippen molar-refractivity contribution in [2.24, 2.45) is 0 Å². The van der Waals surface area contributed by atoms with Crippen molar-refractivity contribution in [3.63, 3.8) is 0 Å². The van der Waals surface area contributed by atoms with E-state index in [1.165, 1.54) is 0 Å². The van der Waals surface area contributed by atoms with Crippen LogP contribution in [0.25, 0.3) is 0 Å². The lowest BCUT2D eigenvalue weighted by Crippen LogP contribution is -2.47. The first-order chi connectivity index (χ1) is 10.8. The van der Waals surface area contributed by atoms with Crippen molar-refractivity contribution in [1.82, 2.24) is 4.90 Å². The van der Waals surface area contributed by atoms with E-state index >= 15 is 0 Å². The van der Waals surface area contributed by atoms with E-state index < -0.39 is 17.6 Å². The summed E-state index contributed by atoms with van der Waals surface area (Å²) in [5.74, 6) is -2.63. The normalized spacial score (nSPS) is 21.1. The highest BCUT2D eigenvalue weighted by atomic mass is 32.2. The number of carbonyl (C=O) groups is 1. The molecule has 8 heteroatoms. The third-order valence-corrected chi connectivity index (χ3v) is 4.61. The molecule has 1 heterocycles. The molecule has 1 fully saturated rings. The Morgan fingerprint density at radius 2 is 2.04 bits per heavy atom. The van der Waals surface area contributed by atoms with Gasteiger partial charge in [0.25, 0.3) is 0 Å². The molecular weight excluding hydrogens is 344 g/mol. The third kappa shape index (κ3) is 5.40. The number of esters is 1. The van der Waals surface area contributed by atoms with E-state index in [0.717, 1.165) is 23.9 Å². The number of thiocarbonyl (C=S) groups is 1. The van der Waals surface area contributed by atoms with Gasteiger partial charge in [-0.2, -0.15) is 0 Å². The summed E-state index contributed by atoms with van der Waals surface area (Å²) < 4.78 is 37.3. The van der Waals surface area contributed by atoms with Crippen molar-refractivity contribution < 1.29 is 23.0 Å². The molecule has 0 saturated carbocycles. The van der Waals surface area contributed by atoms with Crippen LogP contribution in [-0.2, 0) is 9.53 Å². The Balaban J connectivity index is 1.83. The molecule has 1 aromatic carbocycles. The highest BCUT2D eigenvalue weighted by Crippen LogP contribution is 2.20. The molecule has 0 N–H and O–H groups in total. The number of benzene rings is 1. The Bertz CT molecular complexity index is 590.